The predicted octanol–water partition coefficient (Wildman–Crippen LogP) is 2.14. The van der Waals surface area contributed by atoms with Crippen molar-refractivity contribution in [1.82, 2.24) is 0 Å². The van der Waals surface area contributed by atoms with Crippen molar-refractivity contribution >= 4 is 47.8 Å². The molecular weight excluding hydrogens is 1340 g/mol. The molecule has 0 aromatic carbocycles. The van der Waals surface area contributed by atoms with Crippen LogP contribution in [0.2, 0.25) is 0 Å². The molecule has 0 amide bonds. The first-order valence-electron chi connectivity index (χ1n) is 21.3. The zero-order valence-electron chi connectivity index (χ0n) is 41.3. The molecule has 0 unspecified atom stereocenters. The molecule has 432 valence electrons. The third kappa shape index (κ3) is 89.5. The van der Waals surface area contributed by atoms with E-state index in [0.29, 0.717) is 91.1 Å². The van der Waals surface area contributed by atoms with Gasteiger partial charge in [-0.2, -0.15) is 23.9 Å². The van der Waals surface area contributed by atoms with Crippen LogP contribution in [0.1, 0.15) is 51.4 Å². The fraction of sp³-hybridized carbons (Fsp3) is 0.762. The van der Waals surface area contributed by atoms with Gasteiger partial charge in [-0.15, -0.1) is 0 Å². The second-order valence-electron chi connectivity index (χ2n) is 13.5. The first kappa shape index (κ1) is 85.4. The Morgan fingerprint density at radius 3 is 0.694 bits per heavy atom. The summed E-state index contributed by atoms with van der Waals surface area (Å²) in [7, 11) is 6.24. The summed E-state index contributed by atoms with van der Waals surface area (Å²) in [4.78, 5) is 75.9. The van der Waals surface area contributed by atoms with Crippen LogP contribution in [0.4, 0.5) is 0 Å². The third-order valence-electron chi connectivity index (χ3n) is 7.56. The largest absolute Gasteiger partial charge is 2.00 e. The van der Waals surface area contributed by atoms with Gasteiger partial charge in [-0.1, -0.05) is 51.4 Å². The molecule has 2 aliphatic rings. The van der Waals surface area contributed by atoms with Gasteiger partial charge in [-0.05, 0) is 0 Å². The summed E-state index contributed by atoms with van der Waals surface area (Å²) in [5, 5.41) is 62.0. The second kappa shape index (κ2) is 67.7. The fourth-order valence-corrected chi connectivity index (χ4v) is 4.06. The topological polar surface area (TPSA) is 438 Å². The summed E-state index contributed by atoms with van der Waals surface area (Å²) in [5.74, 6) is -10.3. The Morgan fingerprint density at radius 1 is 0.361 bits per heavy atom. The maximum Gasteiger partial charge on any atom is 2.00 e. The van der Waals surface area contributed by atoms with Crippen molar-refractivity contribution in [3.8, 4) is 0 Å². The van der Waals surface area contributed by atoms with Crippen molar-refractivity contribution in [2.24, 2.45) is 11.8 Å². The summed E-state index contributed by atoms with van der Waals surface area (Å²) in [5.41, 5.74) is 14.8. The molecule has 2 aliphatic carbocycles. The number of carbonyl (C=O) groups is 8. The molecule has 0 bridgehead atoms. The van der Waals surface area contributed by atoms with Gasteiger partial charge in [0.25, 0.3) is 0 Å². The number of aliphatic carboxylic acids is 8. The van der Waals surface area contributed by atoms with Gasteiger partial charge in [0.05, 0.1) is 79.3 Å². The van der Waals surface area contributed by atoms with E-state index in [1.54, 1.807) is 14.2 Å². The van der Waals surface area contributed by atoms with E-state index in [4.69, 9.17) is 99.9 Å². The first-order chi connectivity index (χ1) is 33.0. The third-order valence-corrected chi connectivity index (χ3v) is 7.56. The van der Waals surface area contributed by atoms with Crippen molar-refractivity contribution in [3.63, 3.8) is 0 Å². The van der Waals surface area contributed by atoms with Gasteiger partial charge >= 0.3 is 89.9 Å². The van der Waals surface area contributed by atoms with Gasteiger partial charge in [0.1, 0.15) is 26.4 Å². The average Bonchev–Trinajstić information content (AvgIpc) is 3.29. The van der Waals surface area contributed by atoms with Crippen LogP contribution in [0.25, 0.3) is 11.5 Å². The summed E-state index contributed by atoms with van der Waals surface area (Å²) in [6, 6.07) is 0.285. The van der Waals surface area contributed by atoms with Crippen LogP contribution in [-0.2, 0) is 128 Å². The Morgan fingerprint density at radius 2 is 0.542 bits per heavy atom. The van der Waals surface area contributed by atoms with Crippen LogP contribution in [-0.4, -0.2) is 235 Å². The number of nitrogens with one attached hydrogen (secondary N) is 2. The van der Waals surface area contributed by atoms with Crippen LogP contribution in [0.15, 0.2) is 0 Å². The maximum absolute atomic E-state index is 9.95. The summed E-state index contributed by atoms with van der Waals surface area (Å²) < 4.78 is 47.3. The number of carboxylic acids is 8. The van der Waals surface area contributed by atoms with E-state index in [1.807, 2.05) is 0 Å². The van der Waals surface area contributed by atoms with Crippen molar-refractivity contribution in [3.05, 3.63) is 25.3 Å². The summed E-state index contributed by atoms with van der Waals surface area (Å²) in [6.45, 7) is 11.8. The maximum atomic E-state index is 9.95. The number of hydrogen-bond donors (Lipinski definition) is 8. The molecule has 0 aliphatic heterocycles. The van der Waals surface area contributed by atoms with Gasteiger partial charge in [0.2, 0.25) is 0 Å². The number of ether oxygens (including phenoxy) is 10. The smallest absolute Gasteiger partial charge is 0.677 e. The zero-order chi connectivity index (χ0) is 55.0. The van der Waals surface area contributed by atoms with Gasteiger partial charge in [-0.25, -0.2) is 38.4 Å². The van der Waals surface area contributed by atoms with Crippen molar-refractivity contribution in [2.45, 2.75) is 63.5 Å². The summed E-state index contributed by atoms with van der Waals surface area (Å²) in [6.07, 6.45) is 9.60. The van der Waals surface area contributed by atoms with E-state index in [-0.39, 0.29) is 80.6 Å². The van der Waals surface area contributed by atoms with Gasteiger partial charge in [-0.3, -0.25) is 0 Å². The average molecular weight is 1420 g/mol. The Hall–Kier alpha value is -3.34. The molecule has 0 heterocycles. The predicted molar refractivity (Wildman–Crippen MR) is 244 cm³/mol. The molecule has 28 nitrogen and oxygen atoms in total. The molecule has 0 spiro atoms. The normalized spacial score (nSPS) is 15.8. The van der Waals surface area contributed by atoms with E-state index < -0.39 is 47.8 Å². The van der Waals surface area contributed by atoms with E-state index in [9.17, 15) is 19.2 Å². The number of rotatable bonds is 26. The van der Waals surface area contributed by atoms with Crippen LogP contribution in [0.3, 0.4) is 0 Å². The van der Waals surface area contributed by atoms with E-state index in [1.165, 1.54) is 52.7 Å². The fourth-order valence-electron chi connectivity index (χ4n) is 4.06. The Balaban J connectivity index is -0.000000109. The van der Waals surface area contributed by atoms with Crippen LogP contribution in [0, 0.1) is 25.7 Å². The zero-order valence-corrected chi connectivity index (χ0v) is 45.8. The molecule has 10 N–H and O–H groups in total. The van der Waals surface area contributed by atoms with Crippen molar-refractivity contribution in [2.75, 3.05) is 134 Å². The molecule has 2 rings (SSSR count). The monoisotopic (exact) mass is 1420 g/mol. The Kier molecular flexibility index (Phi) is 80.3. The molecule has 0 radical (unpaired) electrons. The van der Waals surface area contributed by atoms with Crippen LogP contribution in [0.5, 0.6) is 0 Å². The Bertz CT molecular complexity index is 1150. The first-order valence-corrected chi connectivity index (χ1v) is 21.3. The molecular formula is C42H78N2O26Pt2. The molecule has 2 saturated carbocycles. The minimum Gasteiger partial charge on any atom is -0.677 e. The van der Waals surface area contributed by atoms with E-state index in [2.05, 4.69) is 32.8 Å². The van der Waals surface area contributed by atoms with Crippen LogP contribution < -0.4 is 0 Å². The van der Waals surface area contributed by atoms with Crippen molar-refractivity contribution in [1.29, 1.82) is 0 Å². The molecule has 0 saturated heterocycles. The van der Waals surface area contributed by atoms with E-state index in [0.717, 1.165) is 12.8 Å². The Labute approximate surface area is 449 Å². The molecule has 72 heavy (non-hydrogen) atoms. The SMILES string of the molecule is COCCOCC(=O)O.COCCOCC(=O)O.COCCOCCOCC(=O)O.COCCOCCOCC(=O)O.O=C(O)C(=O)O.O=C(O)C(=O)O.[CH2-][C@@H]1CCCC[C@H]1[NH-].[CH2-][C@@H]1CCCC[C@H]1[NH-].[Pt+2].[Pt+2]. The van der Waals surface area contributed by atoms with Crippen LogP contribution >= 0.6 is 0 Å². The van der Waals surface area contributed by atoms with Gasteiger partial charge in [0.15, 0.2) is 0 Å². The minimum absolute atomic E-state index is 0. The van der Waals surface area contributed by atoms with Gasteiger partial charge in [0, 0.05) is 28.4 Å². The van der Waals surface area contributed by atoms with Crippen molar-refractivity contribution < 1.29 is 169 Å². The standard InChI is InChI=1S/2C7H13N.2C7H14O5.2C5H10O4.2C2H2O4.2Pt/c2*1-6-4-2-3-5-7(6)8;2*1-10-2-3-11-4-5-12-6-7(8)9;2*1-8-2-3-9-4-5(6)7;2*3-1(4)2(5)6;;/h2*6-8H,1-5H2;2*2-6H2,1H3,(H,8,9);2*2-4H2,1H3,(H,6,7);2*(H,3,4)(H,5,6);;/q2*-2;;;;;;;2*+2/t2*6-,7-;;;;;;;;/m11......../s1. The molecule has 2 fully saturated rings. The summed E-state index contributed by atoms with van der Waals surface area (Å²) >= 11 is 0. The number of methoxy groups -OCH3 is 4. The van der Waals surface area contributed by atoms with E-state index >= 15 is 0 Å². The molecule has 0 aromatic rings. The molecule has 4 atom stereocenters. The second-order valence-corrected chi connectivity index (χ2v) is 13.5. The molecule has 0 aromatic heterocycles. The quantitative estimate of drug-likeness (QED) is 0.0349. The molecule has 30 heteroatoms. The number of hydrogen-bond acceptors (Lipinski definition) is 18. The number of carboxylic acid groups (broad SMARTS) is 8. The minimum atomic E-state index is -1.82. The van der Waals surface area contributed by atoms with Gasteiger partial charge < -0.3 is 114 Å².